The van der Waals surface area contributed by atoms with Crippen LogP contribution in [-0.4, -0.2) is 29.0 Å². The van der Waals surface area contributed by atoms with Crippen LogP contribution >= 0.6 is 0 Å². The summed E-state index contributed by atoms with van der Waals surface area (Å²) < 4.78 is 23.9. The maximum atomic E-state index is 12.0. The summed E-state index contributed by atoms with van der Waals surface area (Å²) in [5.74, 6) is -1.29. The molecule has 0 radical (unpaired) electrons. The van der Waals surface area contributed by atoms with Gasteiger partial charge in [-0.3, -0.25) is 10.1 Å². The summed E-state index contributed by atoms with van der Waals surface area (Å²) in [7, 11) is 0. The number of rotatable bonds is 5. The first kappa shape index (κ1) is 12.8. The Morgan fingerprint density at radius 1 is 1.53 bits per heavy atom. The second-order valence-electron chi connectivity index (χ2n) is 3.07. The van der Waals surface area contributed by atoms with Gasteiger partial charge in [0.25, 0.3) is 12.1 Å². The van der Waals surface area contributed by atoms with E-state index >= 15 is 0 Å². The number of hydrogen-bond acceptors (Lipinski definition) is 4. The van der Waals surface area contributed by atoms with Gasteiger partial charge in [0.15, 0.2) is 0 Å². The molecule has 8 heteroatoms. The first-order valence-corrected chi connectivity index (χ1v) is 4.45. The van der Waals surface area contributed by atoms with Crippen LogP contribution in [0.25, 0.3) is 0 Å². The Labute approximate surface area is 94.0 Å². The predicted molar refractivity (Wildman–Crippen MR) is 54.5 cm³/mol. The molecule has 0 fully saturated rings. The van der Waals surface area contributed by atoms with E-state index in [9.17, 15) is 23.7 Å². The predicted octanol–water partition coefficient (Wildman–Crippen LogP) is 1.97. The first-order valence-electron chi connectivity index (χ1n) is 4.45. The van der Waals surface area contributed by atoms with Gasteiger partial charge in [-0.25, -0.2) is 13.6 Å². The lowest BCUT2D eigenvalue weighted by Crippen LogP contribution is -2.12. The summed E-state index contributed by atoms with van der Waals surface area (Å²) in [5.41, 5.74) is -0.904. The molecule has 0 bridgehead atoms. The minimum atomic E-state index is -2.69. The molecule has 0 spiro atoms. The Bertz CT molecular complexity index is 451. The number of nitrogens with one attached hydrogen (secondary N) is 1. The van der Waals surface area contributed by atoms with Crippen molar-refractivity contribution in [3.05, 3.63) is 33.9 Å². The smallest absolute Gasteiger partial charge is 0.335 e. The lowest BCUT2D eigenvalue weighted by Gasteiger charge is -2.07. The van der Waals surface area contributed by atoms with Crippen LogP contribution in [0.5, 0.6) is 0 Å². The van der Waals surface area contributed by atoms with E-state index in [2.05, 4.69) is 5.32 Å². The van der Waals surface area contributed by atoms with Gasteiger partial charge < -0.3 is 10.4 Å². The molecule has 1 aromatic rings. The van der Waals surface area contributed by atoms with Gasteiger partial charge in [-0.15, -0.1) is 0 Å². The number of alkyl halides is 2. The molecule has 0 aliphatic carbocycles. The number of nitrogens with zero attached hydrogens (tertiary/aromatic N) is 1. The Kier molecular flexibility index (Phi) is 3.91. The van der Waals surface area contributed by atoms with E-state index in [0.29, 0.717) is 0 Å². The number of carboxylic acid groups (broad SMARTS) is 1. The highest BCUT2D eigenvalue weighted by molar-refractivity contribution is 5.90. The zero-order valence-electron chi connectivity index (χ0n) is 8.39. The molecule has 0 amide bonds. The molecule has 1 rings (SSSR count). The highest BCUT2D eigenvalue weighted by Gasteiger charge is 2.17. The summed E-state index contributed by atoms with van der Waals surface area (Å²) in [6.07, 6.45) is -2.69. The minimum absolute atomic E-state index is 0.215. The molecular weight excluding hydrogens is 238 g/mol. The molecule has 6 nitrogen and oxygen atoms in total. The molecule has 17 heavy (non-hydrogen) atoms. The van der Waals surface area contributed by atoms with Crippen LogP contribution in [-0.2, 0) is 0 Å². The van der Waals surface area contributed by atoms with Gasteiger partial charge in [0, 0.05) is 6.07 Å². The third-order valence-corrected chi connectivity index (χ3v) is 1.89. The number of carboxylic acids is 1. The van der Waals surface area contributed by atoms with Crippen LogP contribution in [0.3, 0.4) is 0 Å². The van der Waals surface area contributed by atoms with Crippen LogP contribution in [0.15, 0.2) is 18.2 Å². The number of aromatic carboxylic acids is 1. The molecule has 2 N–H and O–H groups in total. The average Bonchev–Trinajstić information content (AvgIpc) is 2.25. The highest BCUT2D eigenvalue weighted by Crippen LogP contribution is 2.25. The summed E-state index contributed by atoms with van der Waals surface area (Å²) in [6, 6.07) is 2.94. The minimum Gasteiger partial charge on any atom is -0.478 e. The number of nitro benzene ring substituents is 1. The molecule has 0 saturated heterocycles. The van der Waals surface area contributed by atoms with Gasteiger partial charge >= 0.3 is 5.97 Å². The fraction of sp³-hybridized carbons (Fsp3) is 0.222. The number of hydrogen-bond donors (Lipinski definition) is 2. The van der Waals surface area contributed by atoms with E-state index in [0.717, 1.165) is 18.2 Å². The summed E-state index contributed by atoms with van der Waals surface area (Å²) in [4.78, 5) is 20.4. The second kappa shape index (κ2) is 5.19. The number of benzene rings is 1. The quantitative estimate of drug-likeness (QED) is 0.612. The zero-order chi connectivity index (χ0) is 13.0. The first-order chi connectivity index (χ1) is 7.91. The summed E-state index contributed by atoms with van der Waals surface area (Å²) >= 11 is 0. The Morgan fingerprint density at radius 2 is 2.18 bits per heavy atom. The molecule has 0 unspecified atom stereocenters. The maximum Gasteiger partial charge on any atom is 0.335 e. The fourth-order valence-electron chi connectivity index (χ4n) is 1.16. The molecule has 1 aromatic carbocycles. The topological polar surface area (TPSA) is 92.5 Å². The molecule has 0 aromatic heterocycles. The molecule has 0 aliphatic heterocycles. The van der Waals surface area contributed by atoms with Gasteiger partial charge in [0.1, 0.15) is 5.69 Å². The Balaban J connectivity index is 3.07. The molecule has 92 valence electrons. The van der Waals surface area contributed by atoms with Crippen LogP contribution in [0.2, 0.25) is 0 Å². The number of carbonyl (C=O) groups is 1. The Morgan fingerprint density at radius 3 is 2.65 bits per heavy atom. The largest absolute Gasteiger partial charge is 0.478 e. The van der Waals surface area contributed by atoms with E-state index < -0.39 is 29.6 Å². The van der Waals surface area contributed by atoms with Crippen molar-refractivity contribution in [3.63, 3.8) is 0 Å². The van der Waals surface area contributed by atoms with Crippen molar-refractivity contribution in [2.24, 2.45) is 0 Å². The monoisotopic (exact) mass is 246 g/mol. The van der Waals surface area contributed by atoms with Crippen LogP contribution in [0, 0.1) is 10.1 Å². The van der Waals surface area contributed by atoms with Crippen molar-refractivity contribution in [2.75, 3.05) is 11.9 Å². The second-order valence-corrected chi connectivity index (χ2v) is 3.07. The normalized spacial score (nSPS) is 10.3. The van der Waals surface area contributed by atoms with E-state index in [1.54, 1.807) is 0 Å². The van der Waals surface area contributed by atoms with E-state index in [1.807, 2.05) is 0 Å². The SMILES string of the molecule is O=C(O)c1ccc([N+](=O)[O-])c(NCC(F)F)c1. The van der Waals surface area contributed by atoms with Gasteiger partial charge in [0.2, 0.25) is 0 Å². The van der Waals surface area contributed by atoms with Crippen molar-refractivity contribution < 1.29 is 23.6 Å². The summed E-state index contributed by atoms with van der Waals surface area (Å²) in [5, 5.41) is 21.4. The highest BCUT2D eigenvalue weighted by atomic mass is 19.3. The van der Waals surface area contributed by atoms with Crippen LogP contribution < -0.4 is 5.32 Å². The van der Waals surface area contributed by atoms with Crippen molar-refractivity contribution in [1.29, 1.82) is 0 Å². The number of halogens is 2. The molecular formula is C9H8F2N2O4. The molecule has 0 atom stereocenters. The van der Waals surface area contributed by atoms with Crippen molar-refractivity contribution in [1.82, 2.24) is 0 Å². The fourth-order valence-corrected chi connectivity index (χ4v) is 1.16. The summed E-state index contributed by atoms with van der Waals surface area (Å²) in [6.45, 7) is -0.788. The zero-order valence-corrected chi connectivity index (χ0v) is 8.39. The maximum absolute atomic E-state index is 12.0. The van der Waals surface area contributed by atoms with Gasteiger partial charge in [0.05, 0.1) is 17.0 Å². The Hall–Kier alpha value is -2.25. The van der Waals surface area contributed by atoms with Crippen molar-refractivity contribution in [2.45, 2.75) is 6.43 Å². The van der Waals surface area contributed by atoms with Crippen molar-refractivity contribution in [3.8, 4) is 0 Å². The molecule has 0 heterocycles. The standard InChI is InChI=1S/C9H8F2N2O4/c10-8(11)4-12-6-3-5(9(14)15)1-2-7(6)13(16)17/h1-3,8,12H,4H2,(H,14,15). The lowest BCUT2D eigenvalue weighted by atomic mass is 10.1. The molecule has 0 aliphatic rings. The van der Waals surface area contributed by atoms with Crippen molar-refractivity contribution >= 4 is 17.3 Å². The van der Waals surface area contributed by atoms with Gasteiger partial charge in [-0.2, -0.15) is 0 Å². The average molecular weight is 246 g/mol. The number of nitro groups is 1. The van der Waals surface area contributed by atoms with E-state index in [-0.39, 0.29) is 11.3 Å². The lowest BCUT2D eigenvalue weighted by molar-refractivity contribution is -0.384. The van der Waals surface area contributed by atoms with Crippen LogP contribution in [0.4, 0.5) is 20.2 Å². The number of anilines is 1. The van der Waals surface area contributed by atoms with E-state index in [1.165, 1.54) is 0 Å². The third-order valence-electron chi connectivity index (χ3n) is 1.89. The van der Waals surface area contributed by atoms with Crippen LogP contribution in [0.1, 0.15) is 10.4 Å². The van der Waals surface area contributed by atoms with E-state index in [4.69, 9.17) is 5.11 Å². The van der Waals surface area contributed by atoms with Gasteiger partial charge in [-0.1, -0.05) is 0 Å². The molecule has 0 saturated carbocycles. The van der Waals surface area contributed by atoms with Gasteiger partial charge in [-0.05, 0) is 12.1 Å². The third kappa shape index (κ3) is 3.37.